The van der Waals surface area contributed by atoms with E-state index in [2.05, 4.69) is 30.9 Å². The number of carboxylic acids is 1. The van der Waals surface area contributed by atoms with E-state index >= 15 is 0 Å². The van der Waals surface area contributed by atoms with Crippen LogP contribution in [-0.2, 0) is 0 Å². The Morgan fingerprint density at radius 1 is 1.42 bits per heavy atom. The van der Waals surface area contributed by atoms with Crippen molar-refractivity contribution in [3.8, 4) is 0 Å². The first-order valence-electron chi connectivity index (χ1n) is 4.94. The average Bonchev–Trinajstić information content (AvgIpc) is 2.83. The third-order valence-electron chi connectivity index (χ3n) is 2.15. The molecule has 98 valence electrons. The molecule has 2 rings (SSSR count). The Morgan fingerprint density at radius 3 is 2.74 bits per heavy atom. The number of aromatic nitrogens is 1. The summed E-state index contributed by atoms with van der Waals surface area (Å²) < 4.78 is 18.3. The molecule has 0 fully saturated rings. The number of carbonyl (C=O) groups excluding carboxylic acids is 1. The molecule has 0 aliphatic rings. The Labute approximate surface area is 114 Å². The molecule has 0 bridgehead atoms. The summed E-state index contributed by atoms with van der Waals surface area (Å²) in [6.07, 6.45) is 0. The normalized spacial score (nSPS) is 10.2. The molecule has 0 spiro atoms. The van der Waals surface area contributed by atoms with E-state index in [1.165, 1.54) is 12.1 Å². The van der Waals surface area contributed by atoms with Crippen LogP contribution in [0.15, 0.2) is 33.3 Å². The van der Waals surface area contributed by atoms with Gasteiger partial charge in [-0.25, -0.2) is 9.18 Å². The summed E-state index contributed by atoms with van der Waals surface area (Å²) in [5, 5.41) is 14.2. The molecular formula is C11H6BrFN2O4. The topological polar surface area (TPSA) is 92.4 Å². The predicted molar refractivity (Wildman–Crippen MR) is 65.5 cm³/mol. The van der Waals surface area contributed by atoms with Crippen molar-refractivity contribution in [2.75, 3.05) is 5.32 Å². The van der Waals surface area contributed by atoms with Crippen LogP contribution < -0.4 is 5.32 Å². The molecule has 2 aromatic rings. The van der Waals surface area contributed by atoms with Crippen molar-refractivity contribution in [1.29, 1.82) is 0 Å². The van der Waals surface area contributed by atoms with Crippen LogP contribution in [0.5, 0.6) is 0 Å². The minimum Gasteiger partial charge on any atom is -0.475 e. The van der Waals surface area contributed by atoms with Gasteiger partial charge >= 0.3 is 5.97 Å². The van der Waals surface area contributed by atoms with Crippen molar-refractivity contribution in [3.63, 3.8) is 0 Å². The summed E-state index contributed by atoms with van der Waals surface area (Å²) >= 11 is 3.08. The van der Waals surface area contributed by atoms with Crippen LogP contribution in [0.25, 0.3) is 0 Å². The van der Waals surface area contributed by atoms with Crippen LogP contribution >= 0.6 is 15.9 Å². The molecule has 1 aromatic carbocycles. The van der Waals surface area contributed by atoms with Gasteiger partial charge in [0.15, 0.2) is 5.69 Å². The van der Waals surface area contributed by atoms with E-state index < -0.39 is 23.5 Å². The monoisotopic (exact) mass is 328 g/mol. The van der Waals surface area contributed by atoms with Crippen molar-refractivity contribution >= 4 is 33.5 Å². The highest BCUT2D eigenvalue weighted by Gasteiger charge is 2.18. The smallest absolute Gasteiger partial charge is 0.374 e. The molecule has 6 nitrogen and oxygen atoms in total. The fraction of sp³-hybridized carbons (Fsp3) is 0. The fourth-order valence-electron chi connectivity index (χ4n) is 1.28. The summed E-state index contributed by atoms with van der Waals surface area (Å²) in [6, 6.07) is 5.14. The number of halogens is 2. The van der Waals surface area contributed by atoms with Crippen LogP contribution in [0.1, 0.15) is 21.0 Å². The van der Waals surface area contributed by atoms with Crippen LogP contribution in [-0.4, -0.2) is 22.1 Å². The lowest BCUT2D eigenvalue weighted by Gasteiger charge is -2.06. The van der Waals surface area contributed by atoms with E-state index in [0.29, 0.717) is 4.47 Å². The fourth-order valence-corrected chi connectivity index (χ4v) is 1.72. The standard InChI is InChI=1S/C11H6BrFN2O4/c12-5-2-1-3-6(13)9(5)14-10(16)7-4-8(11(17)18)19-15-7/h1-4H,(H,14,16)(H,17,18). The lowest BCUT2D eigenvalue weighted by molar-refractivity contribution is 0.0651. The lowest BCUT2D eigenvalue weighted by Crippen LogP contribution is -2.13. The molecule has 0 aliphatic heterocycles. The second kappa shape index (κ2) is 5.19. The van der Waals surface area contributed by atoms with Crippen molar-refractivity contribution in [2.45, 2.75) is 0 Å². The van der Waals surface area contributed by atoms with E-state index in [-0.39, 0.29) is 11.4 Å². The van der Waals surface area contributed by atoms with Crippen LogP contribution in [0.2, 0.25) is 0 Å². The van der Waals surface area contributed by atoms with Crippen molar-refractivity contribution in [1.82, 2.24) is 5.16 Å². The third-order valence-corrected chi connectivity index (χ3v) is 2.82. The molecule has 0 saturated heterocycles. The number of hydrogen-bond donors (Lipinski definition) is 2. The maximum absolute atomic E-state index is 13.5. The quantitative estimate of drug-likeness (QED) is 0.903. The van der Waals surface area contributed by atoms with E-state index in [0.717, 1.165) is 6.07 Å². The van der Waals surface area contributed by atoms with E-state index in [9.17, 15) is 14.0 Å². The lowest BCUT2D eigenvalue weighted by atomic mass is 10.3. The number of carboxylic acid groups (broad SMARTS) is 1. The average molecular weight is 329 g/mol. The second-order valence-electron chi connectivity index (χ2n) is 3.43. The zero-order valence-corrected chi connectivity index (χ0v) is 10.8. The Morgan fingerprint density at radius 2 is 2.16 bits per heavy atom. The zero-order chi connectivity index (χ0) is 14.0. The first kappa shape index (κ1) is 13.2. The highest BCUT2D eigenvalue weighted by atomic mass is 79.9. The number of aromatic carboxylic acids is 1. The Balaban J connectivity index is 2.23. The molecular weight excluding hydrogens is 323 g/mol. The first-order valence-corrected chi connectivity index (χ1v) is 5.73. The van der Waals surface area contributed by atoms with Crippen LogP contribution in [0.4, 0.5) is 10.1 Å². The number of anilines is 1. The minimum absolute atomic E-state index is 0.0626. The van der Waals surface area contributed by atoms with Gasteiger partial charge in [0.1, 0.15) is 5.82 Å². The molecule has 1 heterocycles. The minimum atomic E-state index is -1.35. The number of carbonyl (C=O) groups is 2. The van der Waals surface area contributed by atoms with E-state index in [4.69, 9.17) is 5.11 Å². The number of nitrogens with zero attached hydrogens (tertiary/aromatic N) is 1. The van der Waals surface area contributed by atoms with Crippen molar-refractivity contribution in [3.05, 3.63) is 46.0 Å². The molecule has 19 heavy (non-hydrogen) atoms. The summed E-state index contributed by atoms with van der Waals surface area (Å²) in [7, 11) is 0. The van der Waals surface area contributed by atoms with Gasteiger partial charge in [-0.15, -0.1) is 0 Å². The van der Waals surface area contributed by atoms with Gasteiger partial charge in [0, 0.05) is 10.5 Å². The van der Waals surface area contributed by atoms with Crippen molar-refractivity contribution < 1.29 is 23.6 Å². The van der Waals surface area contributed by atoms with Gasteiger partial charge in [0.25, 0.3) is 5.91 Å². The van der Waals surface area contributed by atoms with Gasteiger partial charge in [0.05, 0.1) is 5.69 Å². The number of benzene rings is 1. The molecule has 0 aliphatic carbocycles. The van der Waals surface area contributed by atoms with Crippen LogP contribution in [0.3, 0.4) is 0 Å². The van der Waals surface area contributed by atoms with Gasteiger partial charge in [-0.05, 0) is 28.1 Å². The highest BCUT2D eigenvalue weighted by molar-refractivity contribution is 9.10. The van der Waals surface area contributed by atoms with Gasteiger partial charge < -0.3 is 14.9 Å². The molecule has 0 saturated carbocycles. The zero-order valence-electron chi connectivity index (χ0n) is 9.18. The first-order chi connectivity index (χ1) is 8.99. The highest BCUT2D eigenvalue weighted by Crippen LogP contribution is 2.25. The Hall–Kier alpha value is -2.22. The molecule has 0 atom stereocenters. The molecule has 8 heteroatoms. The molecule has 2 N–H and O–H groups in total. The molecule has 1 aromatic heterocycles. The number of amides is 1. The van der Waals surface area contributed by atoms with Gasteiger partial charge in [-0.2, -0.15) is 0 Å². The molecule has 0 unspecified atom stereocenters. The van der Waals surface area contributed by atoms with Crippen molar-refractivity contribution in [2.24, 2.45) is 0 Å². The number of rotatable bonds is 3. The summed E-state index contributed by atoms with van der Waals surface area (Å²) in [5.41, 5.74) is -0.320. The molecule has 1 amide bonds. The van der Waals surface area contributed by atoms with E-state index in [1.807, 2.05) is 0 Å². The number of nitrogens with one attached hydrogen (secondary N) is 1. The van der Waals surface area contributed by atoms with Gasteiger partial charge in [-0.1, -0.05) is 11.2 Å². The Kier molecular flexibility index (Phi) is 3.61. The second-order valence-corrected chi connectivity index (χ2v) is 4.29. The largest absolute Gasteiger partial charge is 0.475 e. The third kappa shape index (κ3) is 2.79. The van der Waals surface area contributed by atoms with E-state index in [1.54, 1.807) is 6.07 Å². The number of para-hydroxylation sites is 1. The maximum Gasteiger partial charge on any atom is 0.374 e. The van der Waals surface area contributed by atoms with Gasteiger partial charge in [-0.3, -0.25) is 4.79 Å². The summed E-state index contributed by atoms with van der Waals surface area (Å²) in [5.74, 6) is -3.23. The summed E-state index contributed by atoms with van der Waals surface area (Å²) in [4.78, 5) is 22.3. The van der Waals surface area contributed by atoms with Crippen LogP contribution in [0, 0.1) is 5.82 Å². The SMILES string of the molecule is O=C(Nc1c(F)cccc1Br)c1cc(C(=O)O)on1. The number of hydrogen-bond acceptors (Lipinski definition) is 4. The predicted octanol–water partition coefficient (Wildman–Crippen LogP) is 2.53. The maximum atomic E-state index is 13.5. The Bertz CT molecular complexity index is 636. The molecule has 0 radical (unpaired) electrons. The van der Waals surface area contributed by atoms with Gasteiger partial charge in [0.2, 0.25) is 5.76 Å². The summed E-state index contributed by atoms with van der Waals surface area (Å²) in [6.45, 7) is 0.